The number of phenols is 1. The van der Waals surface area contributed by atoms with Crippen molar-refractivity contribution < 1.29 is 24.0 Å². The first-order chi connectivity index (χ1) is 14.5. The summed E-state index contributed by atoms with van der Waals surface area (Å²) in [4.78, 5) is 29.4. The minimum absolute atomic E-state index is 0.132. The van der Waals surface area contributed by atoms with Crippen LogP contribution in [0.4, 0.5) is 5.82 Å². The lowest BCUT2D eigenvalue weighted by Gasteiger charge is -2.10. The molecule has 0 spiro atoms. The molecule has 0 atom stereocenters. The van der Waals surface area contributed by atoms with Gasteiger partial charge < -0.3 is 19.7 Å². The molecule has 2 heterocycles. The summed E-state index contributed by atoms with van der Waals surface area (Å²) in [5.41, 5.74) is 2.17. The third-order valence-electron chi connectivity index (χ3n) is 4.33. The Balaban J connectivity index is 1.58. The first-order valence-electron chi connectivity index (χ1n) is 9.09. The Hall–Kier alpha value is -4.20. The molecule has 2 N–H and O–H groups in total. The van der Waals surface area contributed by atoms with E-state index in [9.17, 15) is 14.7 Å². The molecule has 8 heteroatoms. The zero-order valence-corrected chi connectivity index (χ0v) is 16.0. The molecule has 150 valence electrons. The third kappa shape index (κ3) is 4.12. The molecule has 2 aromatic carbocycles. The number of amides is 1. The fourth-order valence-electron chi connectivity index (χ4n) is 2.94. The average Bonchev–Trinajstić information content (AvgIpc) is 3.16. The highest BCUT2D eigenvalue weighted by Crippen LogP contribution is 2.26. The van der Waals surface area contributed by atoms with Gasteiger partial charge in [0.1, 0.15) is 11.5 Å². The summed E-state index contributed by atoms with van der Waals surface area (Å²) < 4.78 is 10.1. The second-order valence-electron chi connectivity index (χ2n) is 6.57. The number of nitrogens with zero attached hydrogens (tertiary/aromatic N) is 2. The van der Waals surface area contributed by atoms with E-state index < -0.39 is 18.5 Å². The summed E-state index contributed by atoms with van der Waals surface area (Å²) in [6.07, 6.45) is 0. The number of phenolic OH excluding ortho intramolecular Hbond substituents is 1. The van der Waals surface area contributed by atoms with Crippen LogP contribution in [0.3, 0.4) is 0 Å². The molecule has 8 nitrogen and oxygen atoms in total. The molecule has 0 saturated carbocycles. The Labute approximate surface area is 171 Å². The molecular formula is C22H17N3O5. The number of carbonyl (C=O) groups is 2. The van der Waals surface area contributed by atoms with Crippen molar-refractivity contribution in [1.82, 2.24) is 10.1 Å². The van der Waals surface area contributed by atoms with Crippen molar-refractivity contribution in [3.8, 4) is 17.0 Å². The molecule has 30 heavy (non-hydrogen) atoms. The molecule has 0 aliphatic heterocycles. The van der Waals surface area contributed by atoms with Crippen LogP contribution in [-0.2, 0) is 9.53 Å². The van der Waals surface area contributed by atoms with E-state index in [1.807, 2.05) is 6.07 Å². The number of pyridine rings is 1. The zero-order valence-electron chi connectivity index (χ0n) is 16.0. The number of aromatic nitrogens is 2. The second kappa shape index (κ2) is 8.04. The number of aryl methyl sites for hydroxylation is 1. The molecular weight excluding hydrogens is 386 g/mol. The molecule has 0 aliphatic rings. The number of para-hydroxylation sites is 1. The number of ether oxygens (including phenoxy) is 1. The van der Waals surface area contributed by atoms with Gasteiger partial charge in [-0.2, -0.15) is 0 Å². The Morgan fingerprint density at radius 3 is 2.60 bits per heavy atom. The van der Waals surface area contributed by atoms with Gasteiger partial charge in [-0.05, 0) is 43.3 Å². The van der Waals surface area contributed by atoms with Gasteiger partial charge in [-0.1, -0.05) is 23.4 Å². The van der Waals surface area contributed by atoms with Crippen molar-refractivity contribution in [2.75, 3.05) is 11.9 Å². The minimum Gasteiger partial charge on any atom is -0.508 e. The number of fused-ring (bicyclic) bond motifs is 1. The van der Waals surface area contributed by atoms with Crippen LogP contribution in [0.25, 0.3) is 22.2 Å². The fraction of sp³-hybridized carbons (Fsp3) is 0.0909. The van der Waals surface area contributed by atoms with E-state index in [2.05, 4.69) is 15.5 Å². The molecule has 0 aliphatic carbocycles. The van der Waals surface area contributed by atoms with Crippen molar-refractivity contribution in [1.29, 1.82) is 0 Å². The van der Waals surface area contributed by atoms with Gasteiger partial charge in [-0.3, -0.25) is 4.79 Å². The molecule has 0 saturated heterocycles. The maximum Gasteiger partial charge on any atom is 0.339 e. The number of hydrogen-bond donors (Lipinski definition) is 2. The lowest BCUT2D eigenvalue weighted by Crippen LogP contribution is -2.21. The van der Waals surface area contributed by atoms with Gasteiger partial charge in [0.15, 0.2) is 12.4 Å². The molecule has 2 aromatic heterocycles. The number of hydrogen-bond acceptors (Lipinski definition) is 7. The first kappa shape index (κ1) is 19.1. The number of nitrogens with one attached hydrogen (secondary N) is 1. The highest BCUT2D eigenvalue weighted by molar-refractivity contribution is 6.05. The third-order valence-corrected chi connectivity index (χ3v) is 4.33. The Bertz CT molecular complexity index is 1230. The lowest BCUT2D eigenvalue weighted by atomic mass is 10.0. The van der Waals surface area contributed by atoms with E-state index in [4.69, 9.17) is 9.26 Å². The van der Waals surface area contributed by atoms with Gasteiger partial charge >= 0.3 is 5.97 Å². The van der Waals surface area contributed by atoms with Gasteiger partial charge in [-0.15, -0.1) is 0 Å². The smallest absolute Gasteiger partial charge is 0.339 e. The fourth-order valence-corrected chi connectivity index (χ4v) is 2.94. The van der Waals surface area contributed by atoms with Crippen LogP contribution in [0.1, 0.15) is 16.1 Å². The van der Waals surface area contributed by atoms with E-state index >= 15 is 0 Å². The van der Waals surface area contributed by atoms with E-state index in [1.165, 1.54) is 0 Å². The van der Waals surface area contributed by atoms with Gasteiger partial charge in [0.25, 0.3) is 5.91 Å². The van der Waals surface area contributed by atoms with Crippen molar-refractivity contribution in [2.45, 2.75) is 6.92 Å². The monoisotopic (exact) mass is 403 g/mol. The number of anilines is 1. The van der Waals surface area contributed by atoms with Crippen LogP contribution in [0.15, 0.2) is 65.2 Å². The van der Waals surface area contributed by atoms with E-state index in [0.29, 0.717) is 22.4 Å². The topological polar surface area (TPSA) is 115 Å². The highest BCUT2D eigenvalue weighted by atomic mass is 16.5. The number of benzene rings is 2. The molecule has 4 aromatic rings. The predicted octanol–water partition coefficient (Wildman–Crippen LogP) is 3.70. The van der Waals surface area contributed by atoms with E-state index in [0.717, 1.165) is 5.56 Å². The van der Waals surface area contributed by atoms with Gasteiger partial charge in [0, 0.05) is 17.0 Å². The van der Waals surface area contributed by atoms with E-state index in [1.54, 1.807) is 61.5 Å². The van der Waals surface area contributed by atoms with Crippen molar-refractivity contribution in [3.63, 3.8) is 0 Å². The van der Waals surface area contributed by atoms with Crippen LogP contribution in [0.5, 0.6) is 5.75 Å². The summed E-state index contributed by atoms with van der Waals surface area (Å²) >= 11 is 0. The van der Waals surface area contributed by atoms with Crippen molar-refractivity contribution in [2.24, 2.45) is 0 Å². The molecule has 0 unspecified atom stereocenters. The van der Waals surface area contributed by atoms with Crippen LogP contribution in [-0.4, -0.2) is 33.7 Å². The number of carbonyl (C=O) groups excluding carboxylic acids is 2. The maximum absolute atomic E-state index is 12.8. The van der Waals surface area contributed by atoms with Gasteiger partial charge in [-0.25, -0.2) is 9.78 Å². The second-order valence-corrected chi connectivity index (χ2v) is 6.57. The van der Waals surface area contributed by atoms with Crippen LogP contribution >= 0.6 is 0 Å². The molecule has 0 bridgehead atoms. The van der Waals surface area contributed by atoms with Crippen LogP contribution in [0, 0.1) is 6.92 Å². The highest BCUT2D eigenvalue weighted by Gasteiger charge is 2.17. The molecule has 0 fully saturated rings. The summed E-state index contributed by atoms with van der Waals surface area (Å²) in [7, 11) is 0. The Morgan fingerprint density at radius 1 is 1.10 bits per heavy atom. The predicted molar refractivity (Wildman–Crippen MR) is 109 cm³/mol. The largest absolute Gasteiger partial charge is 0.508 e. The molecule has 4 rings (SSSR count). The number of rotatable bonds is 5. The Kier molecular flexibility index (Phi) is 5.13. The SMILES string of the molecule is Cc1cc(NC(=O)COC(=O)c2cc(-c3ccc(O)cc3)nc3ccccc23)no1. The zero-order chi connectivity index (χ0) is 21.1. The van der Waals surface area contributed by atoms with Crippen molar-refractivity contribution >= 4 is 28.6 Å². The summed E-state index contributed by atoms with van der Waals surface area (Å²) in [6.45, 7) is 1.22. The maximum atomic E-state index is 12.8. The normalized spacial score (nSPS) is 10.7. The van der Waals surface area contributed by atoms with Crippen molar-refractivity contribution in [3.05, 3.63) is 72.0 Å². The van der Waals surface area contributed by atoms with Crippen LogP contribution < -0.4 is 5.32 Å². The molecule has 1 amide bonds. The standard InChI is InChI=1S/C22H17N3O5/c1-13-10-20(25-30-13)24-21(27)12-29-22(28)17-11-19(14-6-8-15(26)9-7-14)23-18-5-3-2-4-16(17)18/h2-11,26H,12H2,1H3,(H,24,25,27). The Morgan fingerprint density at radius 2 is 1.87 bits per heavy atom. The van der Waals surface area contributed by atoms with Crippen LogP contribution in [0.2, 0.25) is 0 Å². The minimum atomic E-state index is -0.653. The van der Waals surface area contributed by atoms with Gasteiger partial charge in [0.2, 0.25) is 0 Å². The average molecular weight is 403 g/mol. The van der Waals surface area contributed by atoms with Gasteiger partial charge in [0.05, 0.1) is 16.8 Å². The summed E-state index contributed by atoms with van der Waals surface area (Å²) in [5.74, 6) is -0.258. The lowest BCUT2D eigenvalue weighted by molar-refractivity contribution is -0.119. The first-order valence-corrected chi connectivity index (χ1v) is 9.09. The quantitative estimate of drug-likeness (QED) is 0.488. The molecule has 0 radical (unpaired) electrons. The number of esters is 1. The number of aromatic hydroxyl groups is 1. The summed E-state index contributed by atoms with van der Waals surface area (Å²) in [6, 6.07) is 16.8. The summed E-state index contributed by atoms with van der Waals surface area (Å²) in [5, 5.41) is 16.3. The van der Waals surface area contributed by atoms with E-state index in [-0.39, 0.29) is 17.1 Å².